The molecule has 0 aliphatic heterocycles. The van der Waals surface area contributed by atoms with Crippen molar-refractivity contribution in [3.8, 4) is 5.88 Å². The van der Waals surface area contributed by atoms with Crippen LogP contribution in [0.15, 0.2) is 60.9 Å². The molecular weight excluding hydrogens is 274 g/mol. The van der Waals surface area contributed by atoms with E-state index in [2.05, 4.69) is 9.97 Å². The largest absolute Gasteiger partial charge is 0.463 e. The van der Waals surface area contributed by atoms with Gasteiger partial charge in [-0.25, -0.2) is 18.7 Å². The maximum atomic E-state index is 13.3. The van der Waals surface area contributed by atoms with E-state index in [9.17, 15) is 8.78 Å². The van der Waals surface area contributed by atoms with E-state index < -0.39 is 12.5 Å². The van der Waals surface area contributed by atoms with Gasteiger partial charge in [-0.2, -0.15) is 0 Å². The molecule has 0 radical (unpaired) electrons. The van der Waals surface area contributed by atoms with Gasteiger partial charge < -0.3 is 4.74 Å². The molecule has 1 heterocycles. The summed E-state index contributed by atoms with van der Waals surface area (Å²) < 4.78 is 32.1. The minimum atomic E-state index is -2.65. The Bertz CT molecular complexity index is 729. The molecule has 0 saturated heterocycles. The predicted octanol–water partition coefficient (Wildman–Crippen LogP) is 4.02. The molecule has 1 atom stereocenters. The summed E-state index contributed by atoms with van der Waals surface area (Å²) in [6.45, 7) is 0. The third-order valence-electron chi connectivity index (χ3n) is 3.10. The maximum Gasteiger partial charge on any atom is 0.279 e. The van der Waals surface area contributed by atoms with E-state index in [1.807, 2.05) is 6.07 Å². The Morgan fingerprint density at radius 1 is 0.857 bits per heavy atom. The molecule has 0 aliphatic rings. The first-order valence-corrected chi connectivity index (χ1v) is 6.45. The highest BCUT2D eigenvalue weighted by molar-refractivity contribution is 5.82. The lowest BCUT2D eigenvalue weighted by atomic mass is 10.1. The molecule has 3 aromatic rings. The lowest BCUT2D eigenvalue weighted by molar-refractivity contribution is 0.00883. The van der Waals surface area contributed by atoms with Crippen LogP contribution in [0.2, 0.25) is 0 Å². The summed E-state index contributed by atoms with van der Waals surface area (Å²) in [5.41, 5.74) is 1.07. The van der Waals surface area contributed by atoms with Gasteiger partial charge in [0.05, 0.1) is 10.9 Å². The minimum Gasteiger partial charge on any atom is -0.463 e. The average Bonchev–Trinajstić information content (AvgIpc) is 2.53. The molecule has 0 N–H and O–H groups in total. The molecule has 106 valence electrons. The molecule has 3 nitrogen and oxygen atoms in total. The summed E-state index contributed by atoms with van der Waals surface area (Å²) in [5, 5.41) is 0.613. The van der Waals surface area contributed by atoms with Gasteiger partial charge in [-0.05, 0) is 17.7 Å². The van der Waals surface area contributed by atoms with Gasteiger partial charge in [-0.1, -0.05) is 42.5 Å². The Morgan fingerprint density at radius 3 is 2.33 bits per heavy atom. The zero-order valence-corrected chi connectivity index (χ0v) is 11.0. The third kappa shape index (κ3) is 2.81. The van der Waals surface area contributed by atoms with Crippen LogP contribution in [0.4, 0.5) is 8.78 Å². The van der Waals surface area contributed by atoms with Crippen molar-refractivity contribution >= 4 is 10.9 Å². The monoisotopic (exact) mass is 286 g/mol. The minimum absolute atomic E-state index is 0.162. The summed E-state index contributed by atoms with van der Waals surface area (Å²) in [6.07, 6.45) is -2.70. The van der Waals surface area contributed by atoms with Gasteiger partial charge >= 0.3 is 0 Å². The van der Waals surface area contributed by atoms with Crippen molar-refractivity contribution in [2.75, 3.05) is 0 Å². The average molecular weight is 286 g/mol. The van der Waals surface area contributed by atoms with Crippen molar-refractivity contribution in [2.24, 2.45) is 0 Å². The van der Waals surface area contributed by atoms with Crippen LogP contribution in [-0.2, 0) is 0 Å². The van der Waals surface area contributed by atoms with Crippen molar-refractivity contribution in [1.29, 1.82) is 0 Å². The van der Waals surface area contributed by atoms with E-state index >= 15 is 0 Å². The molecule has 2 aromatic carbocycles. The first-order valence-electron chi connectivity index (χ1n) is 6.45. The fraction of sp³-hybridized carbons (Fsp3) is 0.125. The predicted molar refractivity (Wildman–Crippen MR) is 75.4 cm³/mol. The molecule has 0 fully saturated rings. The topological polar surface area (TPSA) is 35.0 Å². The molecule has 5 heteroatoms. The van der Waals surface area contributed by atoms with Crippen molar-refractivity contribution in [2.45, 2.75) is 12.5 Å². The number of ether oxygens (including phenoxy) is 1. The standard InChI is InChI=1S/C16H12F2N2O/c17-15(18)14(11-6-2-1-3-7-11)21-16-12-8-4-5-9-13(12)19-10-20-16/h1-10,14-15H. The van der Waals surface area contributed by atoms with Crippen molar-refractivity contribution in [3.05, 3.63) is 66.5 Å². The first kappa shape index (κ1) is 13.4. The third-order valence-corrected chi connectivity index (χ3v) is 3.10. The van der Waals surface area contributed by atoms with Crippen LogP contribution in [0.25, 0.3) is 10.9 Å². The van der Waals surface area contributed by atoms with Gasteiger partial charge in [0.15, 0.2) is 6.10 Å². The van der Waals surface area contributed by atoms with Crippen LogP contribution in [0.3, 0.4) is 0 Å². The lowest BCUT2D eigenvalue weighted by Crippen LogP contribution is -2.17. The maximum absolute atomic E-state index is 13.3. The fourth-order valence-corrected chi connectivity index (χ4v) is 2.10. The molecule has 0 saturated carbocycles. The Kier molecular flexibility index (Phi) is 3.73. The summed E-state index contributed by atoms with van der Waals surface area (Å²) >= 11 is 0. The van der Waals surface area contributed by atoms with Crippen LogP contribution in [-0.4, -0.2) is 16.4 Å². The van der Waals surface area contributed by atoms with E-state index in [1.54, 1.807) is 48.5 Å². The molecule has 0 spiro atoms. The van der Waals surface area contributed by atoms with Gasteiger partial charge in [0.2, 0.25) is 5.88 Å². The van der Waals surface area contributed by atoms with Crippen LogP contribution >= 0.6 is 0 Å². The molecule has 0 bridgehead atoms. The van der Waals surface area contributed by atoms with Crippen LogP contribution in [0, 0.1) is 0 Å². The van der Waals surface area contributed by atoms with Gasteiger partial charge in [-0.3, -0.25) is 0 Å². The lowest BCUT2D eigenvalue weighted by Gasteiger charge is -2.18. The zero-order chi connectivity index (χ0) is 14.7. The zero-order valence-electron chi connectivity index (χ0n) is 11.0. The van der Waals surface area contributed by atoms with E-state index in [-0.39, 0.29) is 5.88 Å². The van der Waals surface area contributed by atoms with Crippen LogP contribution < -0.4 is 4.74 Å². The second kappa shape index (κ2) is 5.83. The number of hydrogen-bond acceptors (Lipinski definition) is 3. The Hall–Kier alpha value is -2.56. The summed E-state index contributed by atoms with van der Waals surface area (Å²) in [7, 11) is 0. The number of nitrogens with zero attached hydrogens (tertiary/aromatic N) is 2. The number of halogens is 2. The fourth-order valence-electron chi connectivity index (χ4n) is 2.10. The van der Waals surface area contributed by atoms with E-state index in [4.69, 9.17) is 4.74 Å². The number of fused-ring (bicyclic) bond motifs is 1. The number of rotatable bonds is 4. The molecular formula is C16H12F2N2O. The summed E-state index contributed by atoms with van der Waals surface area (Å²) in [6, 6.07) is 15.5. The van der Waals surface area contributed by atoms with Crippen molar-refractivity contribution in [3.63, 3.8) is 0 Å². The molecule has 0 aliphatic carbocycles. The van der Waals surface area contributed by atoms with Crippen LogP contribution in [0.5, 0.6) is 5.88 Å². The highest BCUT2D eigenvalue weighted by Gasteiger charge is 2.25. The van der Waals surface area contributed by atoms with Crippen molar-refractivity contribution < 1.29 is 13.5 Å². The number of para-hydroxylation sites is 1. The van der Waals surface area contributed by atoms with E-state index in [1.165, 1.54) is 6.33 Å². The molecule has 21 heavy (non-hydrogen) atoms. The normalized spacial score (nSPS) is 12.5. The van der Waals surface area contributed by atoms with Crippen molar-refractivity contribution in [1.82, 2.24) is 9.97 Å². The Balaban J connectivity index is 1.99. The Morgan fingerprint density at radius 2 is 1.57 bits per heavy atom. The van der Waals surface area contributed by atoms with Gasteiger partial charge in [0.1, 0.15) is 6.33 Å². The quantitative estimate of drug-likeness (QED) is 0.726. The van der Waals surface area contributed by atoms with E-state index in [0.29, 0.717) is 16.5 Å². The molecule has 3 rings (SSSR count). The van der Waals surface area contributed by atoms with E-state index in [0.717, 1.165) is 0 Å². The Labute approximate surface area is 120 Å². The number of benzene rings is 2. The van der Waals surface area contributed by atoms with Gasteiger partial charge in [0, 0.05) is 0 Å². The molecule has 0 amide bonds. The molecule has 1 unspecified atom stereocenters. The summed E-state index contributed by atoms with van der Waals surface area (Å²) in [4.78, 5) is 8.08. The van der Waals surface area contributed by atoms with Crippen LogP contribution in [0.1, 0.15) is 11.7 Å². The number of aromatic nitrogens is 2. The number of hydrogen-bond donors (Lipinski definition) is 0. The SMILES string of the molecule is FC(F)C(Oc1ncnc2ccccc12)c1ccccc1. The molecule has 1 aromatic heterocycles. The first-order chi connectivity index (χ1) is 10.3. The smallest absolute Gasteiger partial charge is 0.279 e. The highest BCUT2D eigenvalue weighted by Crippen LogP contribution is 2.29. The summed E-state index contributed by atoms with van der Waals surface area (Å²) in [5.74, 6) is 0.162. The second-order valence-corrected chi connectivity index (χ2v) is 4.48. The van der Waals surface area contributed by atoms with Gasteiger partial charge in [-0.15, -0.1) is 0 Å². The second-order valence-electron chi connectivity index (χ2n) is 4.48. The van der Waals surface area contributed by atoms with Gasteiger partial charge in [0.25, 0.3) is 6.43 Å². The number of alkyl halides is 2. The highest BCUT2D eigenvalue weighted by atomic mass is 19.3.